The van der Waals surface area contributed by atoms with E-state index in [4.69, 9.17) is 4.42 Å². The molecule has 0 aromatic carbocycles. The summed E-state index contributed by atoms with van der Waals surface area (Å²) in [4.78, 5) is 44.6. The minimum absolute atomic E-state index is 0.149. The number of amides is 4. The van der Waals surface area contributed by atoms with Gasteiger partial charge < -0.3 is 19.5 Å². The number of carbonyl (C=O) groups excluding carboxylic acids is 3. The molecular weight excluding hydrogens is 314 g/mol. The maximum Gasteiger partial charge on any atom is 0.328 e. The maximum atomic E-state index is 12.3. The first kappa shape index (κ1) is 16.0. The summed E-state index contributed by atoms with van der Waals surface area (Å²) < 4.78 is 5.15. The monoisotopic (exact) mass is 333 g/mol. The molecule has 3 rings (SSSR count). The van der Waals surface area contributed by atoms with Crippen molar-refractivity contribution in [3.8, 4) is 0 Å². The molecule has 2 aliphatic heterocycles. The number of nitrogens with one attached hydrogen (secondary N) is 1. The fourth-order valence-electron chi connectivity index (χ4n) is 2.82. The number of rotatable bonds is 5. The number of imide groups is 1. The van der Waals surface area contributed by atoms with Crippen LogP contribution in [0.25, 0.3) is 0 Å². The van der Waals surface area contributed by atoms with Crippen molar-refractivity contribution in [1.29, 1.82) is 0 Å². The molecule has 2 unspecified atom stereocenters. The SMILES string of the molecule is CN1C(=O)C2C(N=CN2CCC(=O)NCc2ccco2)N(C)C1=O. The quantitative estimate of drug-likeness (QED) is 0.808. The predicted octanol–water partition coefficient (Wildman–Crippen LogP) is -0.152. The molecule has 24 heavy (non-hydrogen) atoms. The Balaban J connectivity index is 1.54. The van der Waals surface area contributed by atoms with Crippen molar-refractivity contribution >= 4 is 24.2 Å². The van der Waals surface area contributed by atoms with Crippen LogP contribution in [-0.4, -0.2) is 71.7 Å². The number of urea groups is 1. The van der Waals surface area contributed by atoms with Crippen LogP contribution in [0.3, 0.4) is 0 Å². The van der Waals surface area contributed by atoms with Gasteiger partial charge in [-0.1, -0.05) is 0 Å². The number of nitrogens with zero attached hydrogens (tertiary/aromatic N) is 4. The lowest BCUT2D eigenvalue weighted by molar-refractivity contribution is -0.136. The molecule has 9 heteroatoms. The smallest absolute Gasteiger partial charge is 0.328 e. The third kappa shape index (κ3) is 2.84. The van der Waals surface area contributed by atoms with Gasteiger partial charge >= 0.3 is 6.03 Å². The van der Waals surface area contributed by atoms with Crippen molar-refractivity contribution in [3.05, 3.63) is 24.2 Å². The van der Waals surface area contributed by atoms with E-state index in [0.29, 0.717) is 18.8 Å². The number of hydrogen-bond donors (Lipinski definition) is 1. The van der Waals surface area contributed by atoms with Crippen molar-refractivity contribution < 1.29 is 18.8 Å². The zero-order valence-electron chi connectivity index (χ0n) is 13.5. The van der Waals surface area contributed by atoms with Crippen molar-refractivity contribution in [2.24, 2.45) is 4.99 Å². The molecule has 1 saturated heterocycles. The Morgan fingerprint density at radius 3 is 2.88 bits per heavy atom. The van der Waals surface area contributed by atoms with E-state index in [2.05, 4.69) is 10.3 Å². The number of carbonyl (C=O) groups is 3. The molecule has 0 spiro atoms. The van der Waals surface area contributed by atoms with Gasteiger partial charge in [-0.05, 0) is 12.1 Å². The van der Waals surface area contributed by atoms with Crippen LogP contribution in [0.5, 0.6) is 0 Å². The first-order valence-electron chi connectivity index (χ1n) is 7.61. The summed E-state index contributed by atoms with van der Waals surface area (Å²) in [5.74, 6) is 0.219. The number of fused-ring (bicyclic) bond motifs is 1. The fraction of sp³-hybridized carbons (Fsp3) is 0.467. The van der Waals surface area contributed by atoms with Crippen LogP contribution in [0.2, 0.25) is 0 Å². The molecule has 0 radical (unpaired) electrons. The number of likely N-dealkylation sites (N-methyl/N-ethyl adjacent to an activating group) is 2. The van der Waals surface area contributed by atoms with Crippen molar-refractivity contribution in [3.63, 3.8) is 0 Å². The number of hydrogen-bond acceptors (Lipinski definition) is 6. The summed E-state index contributed by atoms with van der Waals surface area (Å²) in [6.07, 6.45) is 2.76. The predicted molar refractivity (Wildman–Crippen MR) is 83.9 cm³/mol. The van der Waals surface area contributed by atoms with Crippen LogP contribution in [0, 0.1) is 0 Å². The van der Waals surface area contributed by atoms with E-state index in [9.17, 15) is 14.4 Å². The summed E-state index contributed by atoms with van der Waals surface area (Å²) in [6, 6.07) is 2.58. The van der Waals surface area contributed by atoms with Crippen LogP contribution >= 0.6 is 0 Å². The molecule has 9 nitrogen and oxygen atoms in total. The highest BCUT2D eigenvalue weighted by molar-refractivity contribution is 6.01. The molecule has 1 fully saturated rings. The summed E-state index contributed by atoms with van der Waals surface area (Å²) in [5.41, 5.74) is 0. The average molecular weight is 333 g/mol. The number of aliphatic imine (C=N–C) groups is 1. The van der Waals surface area contributed by atoms with Gasteiger partial charge in [0.1, 0.15) is 5.76 Å². The fourth-order valence-corrected chi connectivity index (χ4v) is 2.82. The van der Waals surface area contributed by atoms with E-state index in [0.717, 1.165) is 4.90 Å². The second-order valence-corrected chi connectivity index (χ2v) is 5.76. The van der Waals surface area contributed by atoms with Crippen LogP contribution in [0.1, 0.15) is 12.2 Å². The van der Waals surface area contributed by atoms with Gasteiger partial charge in [-0.3, -0.25) is 14.5 Å². The topological polar surface area (TPSA) is 98.5 Å². The van der Waals surface area contributed by atoms with E-state index in [1.54, 1.807) is 30.3 Å². The molecule has 2 atom stereocenters. The van der Waals surface area contributed by atoms with Crippen LogP contribution < -0.4 is 5.32 Å². The van der Waals surface area contributed by atoms with E-state index in [1.165, 1.54) is 18.3 Å². The lowest BCUT2D eigenvalue weighted by Gasteiger charge is -2.39. The van der Waals surface area contributed by atoms with Gasteiger partial charge in [-0.2, -0.15) is 0 Å². The third-order valence-electron chi connectivity index (χ3n) is 4.21. The lowest BCUT2D eigenvalue weighted by atomic mass is 10.1. The van der Waals surface area contributed by atoms with E-state index in [-0.39, 0.29) is 24.3 Å². The maximum absolute atomic E-state index is 12.3. The van der Waals surface area contributed by atoms with Crippen LogP contribution in [0.4, 0.5) is 4.79 Å². The van der Waals surface area contributed by atoms with Gasteiger partial charge in [0.2, 0.25) is 5.91 Å². The Labute approximate surface area is 138 Å². The van der Waals surface area contributed by atoms with Crippen LogP contribution in [-0.2, 0) is 16.1 Å². The first-order valence-corrected chi connectivity index (χ1v) is 7.61. The van der Waals surface area contributed by atoms with Gasteiger partial charge in [0.25, 0.3) is 5.91 Å². The van der Waals surface area contributed by atoms with E-state index < -0.39 is 12.2 Å². The Bertz CT molecular complexity index is 671. The van der Waals surface area contributed by atoms with E-state index >= 15 is 0 Å². The zero-order valence-corrected chi connectivity index (χ0v) is 13.5. The van der Waals surface area contributed by atoms with Gasteiger partial charge in [-0.15, -0.1) is 0 Å². The third-order valence-corrected chi connectivity index (χ3v) is 4.21. The standard InChI is InChI=1S/C15H19N5O4/c1-18-13-12(14(22)19(2)15(18)23)20(9-17-13)6-5-11(21)16-8-10-4-3-7-24-10/h3-4,7,9,12-13H,5-6,8H2,1-2H3,(H,16,21). The largest absolute Gasteiger partial charge is 0.467 e. The average Bonchev–Trinajstić information content (AvgIpc) is 3.23. The lowest BCUT2D eigenvalue weighted by Crippen LogP contribution is -2.63. The van der Waals surface area contributed by atoms with E-state index in [1.807, 2.05) is 0 Å². The van der Waals surface area contributed by atoms with Crippen molar-refractivity contribution in [1.82, 2.24) is 20.0 Å². The molecule has 1 N–H and O–H groups in total. The molecule has 1 aromatic heterocycles. The molecule has 2 aliphatic rings. The minimum atomic E-state index is -0.574. The van der Waals surface area contributed by atoms with Gasteiger partial charge in [-0.25, -0.2) is 9.79 Å². The Kier molecular flexibility index (Phi) is 4.24. The molecular formula is C15H19N5O4. The Hall–Kier alpha value is -2.84. The zero-order chi connectivity index (χ0) is 17.3. The van der Waals surface area contributed by atoms with Gasteiger partial charge in [0.05, 0.1) is 19.1 Å². The Morgan fingerprint density at radius 2 is 2.17 bits per heavy atom. The summed E-state index contributed by atoms with van der Waals surface area (Å²) in [7, 11) is 3.06. The molecule has 0 bridgehead atoms. The van der Waals surface area contributed by atoms with Crippen LogP contribution in [0.15, 0.2) is 27.8 Å². The van der Waals surface area contributed by atoms with Crippen molar-refractivity contribution in [2.45, 2.75) is 25.2 Å². The highest BCUT2D eigenvalue weighted by Crippen LogP contribution is 2.24. The second-order valence-electron chi connectivity index (χ2n) is 5.76. The molecule has 3 heterocycles. The molecule has 0 aliphatic carbocycles. The van der Waals surface area contributed by atoms with Crippen molar-refractivity contribution in [2.75, 3.05) is 20.6 Å². The number of furan rings is 1. The second kappa shape index (κ2) is 6.34. The summed E-state index contributed by atoms with van der Waals surface area (Å²) in [6.45, 7) is 0.668. The molecule has 128 valence electrons. The Morgan fingerprint density at radius 1 is 1.38 bits per heavy atom. The molecule has 0 saturated carbocycles. The summed E-state index contributed by atoms with van der Waals surface area (Å²) in [5, 5.41) is 2.75. The minimum Gasteiger partial charge on any atom is -0.467 e. The molecule has 1 aromatic rings. The summed E-state index contributed by atoms with van der Waals surface area (Å²) >= 11 is 0. The highest BCUT2D eigenvalue weighted by atomic mass is 16.3. The normalized spacial score (nSPS) is 23.0. The van der Waals surface area contributed by atoms with Gasteiger partial charge in [0.15, 0.2) is 12.2 Å². The van der Waals surface area contributed by atoms with Gasteiger partial charge in [0, 0.05) is 27.1 Å². The molecule has 4 amide bonds. The highest BCUT2D eigenvalue weighted by Gasteiger charge is 2.48. The first-order chi connectivity index (χ1) is 11.5.